The van der Waals surface area contributed by atoms with Crippen molar-refractivity contribution in [3.63, 3.8) is 0 Å². The molecule has 1 aliphatic carbocycles. The van der Waals surface area contributed by atoms with Crippen molar-refractivity contribution >= 4 is 0 Å². The molecule has 0 unspecified atom stereocenters. The zero-order chi connectivity index (χ0) is 11.6. The van der Waals surface area contributed by atoms with Crippen LogP contribution in [0.25, 0.3) is 0 Å². The second-order valence-electron chi connectivity index (χ2n) is 4.38. The number of hydrogen-bond donors (Lipinski definition) is 1. The minimum Gasteiger partial charge on any atom is -0.494 e. The highest BCUT2D eigenvalue weighted by atomic mass is 19.1. The Labute approximate surface area is 95.1 Å². The fourth-order valence-corrected chi connectivity index (χ4v) is 1.95. The van der Waals surface area contributed by atoms with Gasteiger partial charge in [0.05, 0.1) is 12.2 Å². The lowest BCUT2D eigenvalue weighted by atomic mass is 9.75. The van der Waals surface area contributed by atoms with Crippen LogP contribution in [0.2, 0.25) is 0 Å². The van der Waals surface area contributed by atoms with Crippen LogP contribution in [0.5, 0.6) is 5.75 Å². The van der Waals surface area contributed by atoms with Crippen molar-refractivity contribution in [2.75, 3.05) is 6.61 Å². The summed E-state index contributed by atoms with van der Waals surface area (Å²) >= 11 is 0. The zero-order valence-corrected chi connectivity index (χ0v) is 9.50. The van der Waals surface area contributed by atoms with E-state index in [1.54, 1.807) is 12.1 Å². The average molecular weight is 224 g/mol. The smallest absolute Gasteiger partial charge is 0.129 e. The van der Waals surface area contributed by atoms with Crippen LogP contribution in [0.3, 0.4) is 0 Å². The fraction of sp³-hybridized carbons (Fsp3) is 0.538. The van der Waals surface area contributed by atoms with Crippen molar-refractivity contribution in [3.05, 3.63) is 29.6 Å². The van der Waals surface area contributed by atoms with E-state index in [-0.39, 0.29) is 5.82 Å². The summed E-state index contributed by atoms with van der Waals surface area (Å²) in [5, 5.41) is 10.1. The first kappa shape index (κ1) is 11.4. The standard InChI is InChI=1S/C13H17FO2/c1-2-8-16-10-4-5-12(14)11(9-10)13(15)6-3-7-13/h4-5,9,15H,2-3,6-8H2,1H3. The summed E-state index contributed by atoms with van der Waals surface area (Å²) in [6.07, 6.45) is 3.15. The molecule has 1 fully saturated rings. The Hall–Kier alpha value is -1.09. The van der Waals surface area contributed by atoms with E-state index in [9.17, 15) is 9.50 Å². The molecule has 0 saturated heterocycles. The number of halogens is 1. The first-order valence-corrected chi connectivity index (χ1v) is 5.81. The highest BCUT2D eigenvalue weighted by Crippen LogP contribution is 2.43. The molecule has 1 saturated carbocycles. The van der Waals surface area contributed by atoms with Crippen LogP contribution >= 0.6 is 0 Å². The zero-order valence-electron chi connectivity index (χ0n) is 9.50. The second-order valence-corrected chi connectivity index (χ2v) is 4.38. The van der Waals surface area contributed by atoms with Gasteiger partial charge in [-0.05, 0) is 43.9 Å². The molecule has 0 atom stereocenters. The van der Waals surface area contributed by atoms with E-state index in [4.69, 9.17) is 4.74 Å². The molecule has 16 heavy (non-hydrogen) atoms. The van der Waals surface area contributed by atoms with Crippen LogP contribution in [0.4, 0.5) is 4.39 Å². The molecule has 3 heteroatoms. The van der Waals surface area contributed by atoms with Crippen LogP contribution in [-0.4, -0.2) is 11.7 Å². The molecule has 88 valence electrons. The number of rotatable bonds is 4. The Morgan fingerprint density at radius 2 is 2.19 bits per heavy atom. The van der Waals surface area contributed by atoms with Crippen molar-refractivity contribution < 1.29 is 14.2 Å². The molecule has 1 aliphatic rings. The van der Waals surface area contributed by atoms with Gasteiger partial charge in [-0.15, -0.1) is 0 Å². The Kier molecular flexibility index (Phi) is 3.15. The van der Waals surface area contributed by atoms with Crippen LogP contribution in [0.15, 0.2) is 18.2 Å². The third-order valence-electron chi connectivity index (χ3n) is 3.09. The Balaban J connectivity index is 2.22. The second kappa shape index (κ2) is 4.42. The normalized spacial score (nSPS) is 17.9. The third kappa shape index (κ3) is 2.05. The molecular weight excluding hydrogens is 207 g/mol. The van der Waals surface area contributed by atoms with E-state index >= 15 is 0 Å². The van der Waals surface area contributed by atoms with Crippen molar-refractivity contribution in [1.29, 1.82) is 0 Å². The first-order chi connectivity index (χ1) is 7.65. The van der Waals surface area contributed by atoms with Crippen molar-refractivity contribution in [1.82, 2.24) is 0 Å². The summed E-state index contributed by atoms with van der Waals surface area (Å²) < 4.78 is 19.0. The van der Waals surface area contributed by atoms with Gasteiger partial charge >= 0.3 is 0 Å². The monoisotopic (exact) mass is 224 g/mol. The molecule has 0 amide bonds. The first-order valence-electron chi connectivity index (χ1n) is 5.81. The molecule has 1 N–H and O–H groups in total. The van der Waals surface area contributed by atoms with Gasteiger partial charge in [-0.25, -0.2) is 4.39 Å². The molecular formula is C13H17FO2. The molecule has 0 heterocycles. The quantitative estimate of drug-likeness (QED) is 0.852. The molecule has 0 radical (unpaired) electrons. The van der Waals surface area contributed by atoms with Gasteiger partial charge in [-0.1, -0.05) is 6.92 Å². The van der Waals surface area contributed by atoms with Crippen LogP contribution < -0.4 is 4.74 Å². The summed E-state index contributed by atoms with van der Waals surface area (Å²) in [4.78, 5) is 0. The summed E-state index contributed by atoms with van der Waals surface area (Å²) in [5.41, 5.74) is -0.581. The Morgan fingerprint density at radius 3 is 2.75 bits per heavy atom. The van der Waals surface area contributed by atoms with Gasteiger partial charge < -0.3 is 9.84 Å². The maximum absolute atomic E-state index is 13.6. The molecule has 0 bridgehead atoms. The lowest BCUT2D eigenvalue weighted by Gasteiger charge is -2.37. The van der Waals surface area contributed by atoms with Gasteiger partial charge in [0, 0.05) is 5.56 Å². The largest absolute Gasteiger partial charge is 0.494 e. The van der Waals surface area contributed by atoms with E-state index in [0.29, 0.717) is 30.8 Å². The van der Waals surface area contributed by atoms with Crippen LogP contribution in [-0.2, 0) is 5.60 Å². The number of hydrogen-bond acceptors (Lipinski definition) is 2. The number of aliphatic hydroxyl groups is 1. The minimum absolute atomic E-state index is 0.342. The van der Waals surface area contributed by atoms with Gasteiger partial charge in [0.15, 0.2) is 0 Å². The topological polar surface area (TPSA) is 29.5 Å². The van der Waals surface area contributed by atoms with Gasteiger partial charge in [0.25, 0.3) is 0 Å². The maximum atomic E-state index is 13.6. The minimum atomic E-state index is -0.963. The lowest BCUT2D eigenvalue weighted by Crippen LogP contribution is -2.34. The summed E-state index contributed by atoms with van der Waals surface area (Å²) in [6.45, 7) is 2.63. The predicted molar refractivity (Wildman–Crippen MR) is 59.9 cm³/mol. The number of ether oxygens (including phenoxy) is 1. The summed E-state index contributed by atoms with van der Waals surface area (Å²) in [5.74, 6) is 0.296. The molecule has 2 rings (SSSR count). The lowest BCUT2D eigenvalue weighted by molar-refractivity contribution is -0.0418. The van der Waals surface area contributed by atoms with Gasteiger partial charge in [-0.2, -0.15) is 0 Å². The molecule has 2 nitrogen and oxygen atoms in total. The van der Waals surface area contributed by atoms with Gasteiger partial charge in [0.1, 0.15) is 11.6 Å². The molecule has 0 spiro atoms. The molecule has 1 aromatic rings. The summed E-state index contributed by atoms with van der Waals surface area (Å²) in [7, 11) is 0. The molecule has 0 aromatic heterocycles. The van der Waals surface area contributed by atoms with E-state index in [2.05, 4.69) is 0 Å². The maximum Gasteiger partial charge on any atom is 0.129 e. The van der Waals surface area contributed by atoms with Gasteiger partial charge in [-0.3, -0.25) is 0 Å². The highest BCUT2D eigenvalue weighted by Gasteiger charge is 2.38. The number of benzene rings is 1. The molecule has 1 aromatic carbocycles. The molecule has 0 aliphatic heterocycles. The van der Waals surface area contributed by atoms with E-state index < -0.39 is 5.60 Å². The third-order valence-corrected chi connectivity index (χ3v) is 3.09. The van der Waals surface area contributed by atoms with Crippen molar-refractivity contribution in [2.45, 2.75) is 38.2 Å². The predicted octanol–water partition coefficient (Wildman–Crippen LogP) is 2.99. The Bertz CT molecular complexity index is 372. The Morgan fingerprint density at radius 1 is 1.44 bits per heavy atom. The van der Waals surface area contributed by atoms with E-state index in [1.807, 2.05) is 6.92 Å². The highest BCUT2D eigenvalue weighted by molar-refractivity contribution is 5.34. The van der Waals surface area contributed by atoms with Gasteiger partial charge in [0.2, 0.25) is 0 Å². The van der Waals surface area contributed by atoms with Crippen molar-refractivity contribution in [2.24, 2.45) is 0 Å². The van der Waals surface area contributed by atoms with Crippen LogP contribution in [0, 0.1) is 5.82 Å². The summed E-state index contributed by atoms with van der Waals surface area (Å²) in [6, 6.07) is 4.61. The fourth-order valence-electron chi connectivity index (χ4n) is 1.95. The average Bonchev–Trinajstić information content (AvgIpc) is 2.25. The van der Waals surface area contributed by atoms with Crippen molar-refractivity contribution in [3.8, 4) is 5.75 Å². The van der Waals surface area contributed by atoms with E-state index in [0.717, 1.165) is 12.8 Å². The SMILES string of the molecule is CCCOc1ccc(F)c(C2(O)CCC2)c1. The van der Waals surface area contributed by atoms with Crippen LogP contribution in [0.1, 0.15) is 38.2 Å². The van der Waals surface area contributed by atoms with E-state index in [1.165, 1.54) is 6.07 Å².